The molecule has 0 radical (unpaired) electrons. The summed E-state index contributed by atoms with van der Waals surface area (Å²) >= 11 is 0. The van der Waals surface area contributed by atoms with Crippen LogP contribution < -0.4 is 15.4 Å². The molecule has 2 N–H and O–H groups in total. The summed E-state index contributed by atoms with van der Waals surface area (Å²) in [7, 11) is -2.23. The lowest BCUT2D eigenvalue weighted by atomic mass is 9.94. The predicted molar refractivity (Wildman–Crippen MR) is 129 cm³/mol. The average Bonchev–Trinajstić information content (AvgIpc) is 2.87. The van der Waals surface area contributed by atoms with Gasteiger partial charge in [0.25, 0.3) is 0 Å². The largest absolute Gasteiger partial charge is 0.497 e. The molecule has 34 heavy (non-hydrogen) atoms. The van der Waals surface area contributed by atoms with Crippen LogP contribution in [0.2, 0.25) is 0 Å². The minimum Gasteiger partial charge on any atom is -0.497 e. The zero-order valence-corrected chi connectivity index (χ0v) is 20.5. The molecule has 3 rings (SSSR count). The van der Waals surface area contributed by atoms with Crippen LogP contribution in [0.3, 0.4) is 0 Å². The molecule has 2 unspecified atom stereocenters. The van der Waals surface area contributed by atoms with Crippen LogP contribution in [0.4, 0.5) is 5.69 Å². The van der Waals surface area contributed by atoms with Crippen LogP contribution >= 0.6 is 0 Å². The van der Waals surface area contributed by atoms with Gasteiger partial charge in [-0.15, -0.1) is 0 Å². The number of nitrogens with one attached hydrogen (secondary N) is 2. The van der Waals surface area contributed by atoms with E-state index in [1.165, 1.54) is 29.7 Å². The lowest BCUT2D eigenvalue weighted by molar-refractivity contribution is -0.131. The molecule has 3 atom stereocenters. The van der Waals surface area contributed by atoms with Gasteiger partial charge in [0.15, 0.2) is 0 Å². The van der Waals surface area contributed by atoms with Crippen LogP contribution in [-0.4, -0.2) is 55.8 Å². The minimum atomic E-state index is -3.75. The van der Waals surface area contributed by atoms with Gasteiger partial charge < -0.3 is 15.4 Å². The fourth-order valence-electron chi connectivity index (χ4n) is 3.90. The van der Waals surface area contributed by atoms with Crippen molar-refractivity contribution < 1.29 is 22.7 Å². The Morgan fingerprint density at radius 3 is 2.59 bits per heavy atom. The van der Waals surface area contributed by atoms with E-state index in [4.69, 9.17) is 4.74 Å². The van der Waals surface area contributed by atoms with E-state index in [2.05, 4.69) is 15.6 Å². The van der Waals surface area contributed by atoms with E-state index in [1.807, 2.05) is 13.8 Å². The van der Waals surface area contributed by atoms with Crippen molar-refractivity contribution in [1.29, 1.82) is 0 Å². The van der Waals surface area contributed by atoms with E-state index in [1.54, 1.807) is 30.5 Å². The number of ether oxygens (including phenoxy) is 1. The Bertz CT molecular complexity index is 1080. The summed E-state index contributed by atoms with van der Waals surface area (Å²) in [5, 5.41) is 5.67. The van der Waals surface area contributed by atoms with Gasteiger partial charge in [0, 0.05) is 19.3 Å². The number of amides is 2. The number of sulfonamides is 1. The maximum Gasteiger partial charge on any atom is 0.247 e. The van der Waals surface area contributed by atoms with Crippen molar-refractivity contribution in [3.8, 4) is 5.75 Å². The van der Waals surface area contributed by atoms with Gasteiger partial charge in [-0.25, -0.2) is 8.42 Å². The maximum absolute atomic E-state index is 13.1. The molecular formula is C24H32N4O5S. The van der Waals surface area contributed by atoms with Crippen molar-refractivity contribution in [2.24, 2.45) is 11.8 Å². The van der Waals surface area contributed by atoms with Gasteiger partial charge in [-0.3, -0.25) is 14.6 Å². The first kappa shape index (κ1) is 25.6. The van der Waals surface area contributed by atoms with E-state index in [0.717, 1.165) is 0 Å². The molecule has 1 fully saturated rings. The number of rotatable bonds is 9. The third kappa shape index (κ3) is 6.12. The number of piperidine rings is 1. The zero-order valence-electron chi connectivity index (χ0n) is 19.7. The van der Waals surface area contributed by atoms with Crippen LogP contribution in [-0.2, 0) is 19.6 Å². The Labute approximate surface area is 201 Å². The summed E-state index contributed by atoms with van der Waals surface area (Å²) in [4.78, 5) is 30.2. The van der Waals surface area contributed by atoms with Gasteiger partial charge >= 0.3 is 0 Å². The molecule has 0 saturated carbocycles. The minimum absolute atomic E-state index is 0.0671. The Morgan fingerprint density at radius 1 is 1.24 bits per heavy atom. The molecule has 0 bridgehead atoms. The number of anilines is 1. The van der Waals surface area contributed by atoms with E-state index < -0.39 is 22.0 Å². The Hall–Kier alpha value is -2.98. The van der Waals surface area contributed by atoms with Crippen LogP contribution in [0.1, 0.15) is 33.1 Å². The predicted octanol–water partition coefficient (Wildman–Crippen LogP) is 2.66. The van der Waals surface area contributed by atoms with E-state index in [-0.39, 0.29) is 29.2 Å². The zero-order chi connectivity index (χ0) is 24.7. The molecule has 2 heterocycles. The average molecular weight is 489 g/mol. The number of hydrogen-bond acceptors (Lipinski definition) is 6. The second kappa shape index (κ2) is 11.4. The maximum atomic E-state index is 13.1. The van der Waals surface area contributed by atoms with E-state index in [9.17, 15) is 18.0 Å². The number of benzene rings is 1. The van der Waals surface area contributed by atoms with Crippen molar-refractivity contribution in [1.82, 2.24) is 14.6 Å². The highest BCUT2D eigenvalue weighted by molar-refractivity contribution is 7.89. The van der Waals surface area contributed by atoms with Crippen LogP contribution in [0, 0.1) is 11.8 Å². The quantitative estimate of drug-likeness (QED) is 0.560. The third-order valence-electron chi connectivity index (χ3n) is 6.17. The van der Waals surface area contributed by atoms with Crippen LogP contribution in [0.25, 0.3) is 0 Å². The van der Waals surface area contributed by atoms with Gasteiger partial charge in [0.05, 0.1) is 29.8 Å². The first-order valence-electron chi connectivity index (χ1n) is 11.4. The number of hydrogen-bond donors (Lipinski definition) is 2. The van der Waals surface area contributed by atoms with Crippen molar-refractivity contribution >= 4 is 27.5 Å². The first-order valence-corrected chi connectivity index (χ1v) is 12.9. The third-order valence-corrected chi connectivity index (χ3v) is 8.05. The molecule has 2 aromatic rings. The Balaban J connectivity index is 1.70. The lowest BCUT2D eigenvalue weighted by Crippen LogP contribution is -2.52. The molecular weight excluding hydrogens is 456 g/mol. The molecule has 9 nitrogen and oxygen atoms in total. The number of aromatic nitrogens is 1. The normalized spacial score (nSPS) is 18.5. The van der Waals surface area contributed by atoms with Crippen molar-refractivity contribution in [3.63, 3.8) is 0 Å². The number of pyridine rings is 1. The van der Waals surface area contributed by atoms with E-state index >= 15 is 0 Å². The smallest absolute Gasteiger partial charge is 0.247 e. The molecule has 1 aliphatic rings. The van der Waals surface area contributed by atoms with Gasteiger partial charge in [-0.1, -0.05) is 20.3 Å². The molecule has 184 valence electrons. The second-order valence-electron chi connectivity index (χ2n) is 8.48. The topological polar surface area (TPSA) is 118 Å². The first-order chi connectivity index (χ1) is 16.3. The fraction of sp³-hybridized carbons (Fsp3) is 0.458. The van der Waals surface area contributed by atoms with Gasteiger partial charge in [0.1, 0.15) is 11.8 Å². The molecule has 1 saturated heterocycles. The summed E-state index contributed by atoms with van der Waals surface area (Å²) in [5.74, 6) is -0.728. The number of methoxy groups -OCH3 is 1. The van der Waals surface area contributed by atoms with Crippen molar-refractivity contribution in [3.05, 3.63) is 48.8 Å². The molecule has 1 aliphatic heterocycles. The van der Waals surface area contributed by atoms with Gasteiger partial charge in [-0.2, -0.15) is 4.31 Å². The van der Waals surface area contributed by atoms with Crippen LogP contribution in [0.15, 0.2) is 53.7 Å². The monoisotopic (exact) mass is 488 g/mol. The molecule has 1 aromatic heterocycles. The highest BCUT2D eigenvalue weighted by atomic mass is 32.2. The fourth-order valence-corrected chi connectivity index (χ4v) is 5.43. The van der Waals surface area contributed by atoms with Crippen molar-refractivity contribution in [2.75, 3.05) is 25.5 Å². The van der Waals surface area contributed by atoms with Crippen LogP contribution in [0.5, 0.6) is 5.75 Å². The number of nitrogens with zero attached hydrogens (tertiary/aromatic N) is 2. The molecule has 0 spiro atoms. The summed E-state index contributed by atoms with van der Waals surface area (Å²) in [5.41, 5.74) is 0.546. The summed E-state index contributed by atoms with van der Waals surface area (Å²) < 4.78 is 32.7. The van der Waals surface area contributed by atoms with Gasteiger partial charge in [0.2, 0.25) is 21.8 Å². The van der Waals surface area contributed by atoms with Crippen molar-refractivity contribution in [2.45, 2.75) is 44.0 Å². The highest BCUT2D eigenvalue weighted by Crippen LogP contribution is 2.25. The Morgan fingerprint density at radius 2 is 1.97 bits per heavy atom. The molecule has 10 heteroatoms. The number of carbonyl (C=O) groups excluding carboxylic acids is 2. The standard InChI is InChI=1S/C24H32N4O5S/c1-4-17(2)22(24(30)26-19-8-5-13-25-15-19)27-23(29)18-7-6-14-28(16-18)34(31,32)21-11-9-20(33-3)10-12-21/h5,8-13,15,17-18,22H,4,6-7,14,16H2,1-3H3,(H,26,30)(H,27,29)/t17?,18?,22-/m1/s1. The van der Waals surface area contributed by atoms with E-state index in [0.29, 0.717) is 37.2 Å². The summed E-state index contributed by atoms with van der Waals surface area (Å²) in [6, 6.07) is 8.89. The molecule has 0 aliphatic carbocycles. The lowest BCUT2D eigenvalue weighted by Gasteiger charge is -2.32. The molecule has 1 aromatic carbocycles. The SMILES string of the molecule is CCC(C)[C@@H](NC(=O)C1CCCN(S(=O)(=O)c2ccc(OC)cc2)C1)C(=O)Nc1cccnc1. The number of carbonyl (C=O) groups is 2. The Kier molecular flexibility index (Phi) is 8.62. The molecule has 2 amide bonds. The summed E-state index contributed by atoms with van der Waals surface area (Å²) in [6.07, 6.45) is 4.95. The summed E-state index contributed by atoms with van der Waals surface area (Å²) in [6.45, 7) is 4.26. The van der Waals surface area contributed by atoms with Gasteiger partial charge in [-0.05, 0) is 55.2 Å². The second-order valence-corrected chi connectivity index (χ2v) is 10.4. The highest BCUT2D eigenvalue weighted by Gasteiger charge is 2.35.